The largest absolute Gasteiger partial charge is 0.463 e. The molecule has 5 N–H and O–H groups in total. The number of hydrogen-bond donors (Lipinski definition) is 5. The number of rotatable bonds is 6. The molecule has 9 heteroatoms. The van der Waals surface area contributed by atoms with E-state index in [0.29, 0.717) is 5.76 Å². The molecule has 0 aromatic heterocycles. The van der Waals surface area contributed by atoms with E-state index >= 15 is 0 Å². The highest BCUT2D eigenvalue weighted by molar-refractivity contribution is 7.45. The van der Waals surface area contributed by atoms with Gasteiger partial charge in [-0.25, -0.2) is 0 Å². The molecule has 2 aliphatic rings. The highest BCUT2D eigenvalue weighted by Gasteiger charge is 2.38. The Morgan fingerprint density at radius 2 is 2.00 bits per heavy atom. The Morgan fingerprint density at radius 3 is 2.65 bits per heavy atom. The van der Waals surface area contributed by atoms with Crippen molar-refractivity contribution in [2.24, 2.45) is 0 Å². The van der Waals surface area contributed by atoms with Crippen molar-refractivity contribution in [2.45, 2.75) is 37.4 Å². The van der Waals surface area contributed by atoms with Gasteiger partial charge >= 0.3 is 6.85 Å². The summed E-state index contributed by atoms with van der Waals surface area (Å²) in [5.41, 5.74) is 1.14. The van der Waals surface area contributed by atoms with E-state index in [-0.39, 0.29) is 25.9 Å². The second-order valence-electron chi connectivity index (χ2n) is 6.36. The van der Waals surface area contributed by atoms with E-state index in [2.05, 4.69) is 5.23 Å². The van der Waals surface area contributed by atoms with Crippen LogP contribution in [0.1, 0.15) is 12.8 Å². The molecule has 2 heterocycles. The molecule has 0 spiro atoms. The Kier molecular flexibility index (Phi) is 6.70. The van der Waals surface area contributed by atoms with E-state index in [4.69, 9.17) is 19.3 Å². The first-order chi connectivity index (χ1) is 12.5. The first-order valence-electron chi connectivity index (χ1n) is 8.56. The number of allylic oxidation sites excluding steroid dienone is 1. The molecule has 1 saturated heterocycles. The normalized spacial score (nSPS) is 28.7. The van der Waals surface area contributed by atoms with E-state index in [0.717, 1.165) is 5.46 Å². The van der Waals surface area contributed by atoms with Crippen LogP contribution in [0.3, 0.4) is 0 Å². The lowest BCUT2D eigenvalue weighted by atomic mass is 9.55. The molecule has 0 radical (unpaired) electrons. The first-order valence-corrected chi connectivity index (χ1v) is 9.99. The predicted octanol–water partition coefficient (Wildman–Crippen LogP) is -0.0349. The van der Waals surface area contributed by atoms with Gasteiger partial charge in [0.1, 0.15) is 11.9 Å². The molecular formula is C17H23BNO6P. The summed E-state index contributed by atoms with van der Waals surface area (Å²) in [7, 11) is -2.06. The van der Waals surface area contributed by atoms with Gasteiger partial charge in [0.15, 0.2) is 8.38 Å². The van der Waals surface area contributed by atoms with Crippen molar-refractivity contribution in [2.75, 3.05) is 6.16 Å². The fraction of sp³-hybridized carbons (Fsp3) is 0.412. The van der Waals surface area contributed by atoms with E-state index in [1.165, 1.54) is 0 Å². The molecule has 2 aliphatic heterocycles. The smallest absolute Gasteiger partial charge is 0.313 e. The second kappa shape index (κ2) is 8.99. The highest BCUT2D eigenvalue weighted by atomic mass is 31.2. The maximum Gasteiger partial charge on any atom is 0.313 e. The molecule has 2 unspecified atom stereocenters. The zero-order valence-corrected chi connectivity index (χ0v) is 15.1. The molecule has 0 bridgehead atoms. The van der Waals surface area contributed by atoms with Crippen LogP contribution in [0, 0.1) is 0 Å². The van der Waals surface area contributed by atoms with Crippen LogP contribution in [-0.4, -0.2) is 57.6 Å². The van der Waals surface area contributed by atoms with Crippen molar-refractivity contribution in [3.63, 3.8) is 0 Å². The van der Waals surface area contributed by atoms with Crippen molar-refractivity contribution in [1.82, 2.24) is 5.23 Å². The van der Waals surface area contributed by atoms with Gasteiger partial charge in [-0.2, -0.15) is 0 Å². The summed E-state index contributed by atoms with van der Waals surface area (Å²) in [5.74, 6) is 2.54. The van der Waals surface area contributed by atoms with E-state index < -0.39 is 33.0 Å². The topological polar surface area (TPSA) is 111 Å². The Labute approximate surface area is 154 Å². The van der Waals surface area contributed by atoms with E-state index in [1.807, 2.05) is 42.4 Å². The highest BCUT2D eigenvalue weighted by Crippen LogP contribution is 2.30. The van der Waals surface area contributed by atoms with Crippen molar-refractivity contribution in [3.05, 3.63) is 54.3 Å². The van der Waals surface area contributed by atoms with Gasteiger partial charge in [0.2, 0.25) is 6.29 Å². The lowest BCUT2D eigenvalue weighted by Crippen LogP contribution is -2.49. The lowest BCUT2D eigenvalue weighted by molar-refractivity contribution is -0.237. The minimum Gasteiger partial charge on any atom is -0.463 e. The summed E-state index contributed by atoms with van der Waals surface area (Å²) in [6, 6.07) is 9.99. The number of aliphatic hydroxyl groups is 2. The zero-order valence-electron chi connectivity index (χ0n) is 14.2. The third-order valence-corrected chi connectivity index (χ3v) is 5.09. The standard InChI is InChI=1S/C17H23BNO6P/c20-14-10-16(25-15(17(14)21)7-9-26(22)23)24-13-6-8-18(19-11-13)12-4-2-1-3-5-12/h1-6,8,11,14-17,19-23H,7,9-10H2/t14?,15?,16-,17-/m0/s1. The SMILES string of the molecule is OC1C[C@@H](OC2=CNB(c3ccccc3)C=C2)OC(CCP(O)O)[C@H]1O. The molecule has 0 saturated carbocycles. The lowest BCUT2D eigenvalue weighted by Gasteiger charge is -2.37. The third-order valence-electron chi connectivity index (χ3n) is 4.43. The van der Waals surface area contributed by atoms with Crippen LogP contribution in [0.15, 0.2) is 54.3 Å². The van der Waals surface area contributed by atoms with Crippen LogP contribution in [0.25, 0.3) is 0 Å². The summed E-state index contributed by atoms with van der Waals surface area (Å²) in [6.07, 6.45) is 0.594. The molecule has 140 valence electrons. The van der Waals surface area contributed by atoms with Crippen molar-refractivity contribution in [3.8, 4) is 0 Å². The monoisotopic (exact) mass is 379 g/mol. The summed E-state index contributed by atoms with van der Waals surface area (Å²) in [6.45, 7) is 0.0596. The van der Waals surface area contributed by atoms with Gasteiger partial charge in [0.25, 0.3) is 0 Å². The van der Waals surface area contributed by atoms with Crippen LogP contribution >= 0.6 is 8.38 Å². The summed E-state index contributed by atoms with van der Waals surface area (Å²) in [5, 5.41) is 23.3. The summed E-state index contributed by atoms with van der Waals surface area (Å²) >= 11 is 0. The third kappa shape index (κ3) is 5.07. The predicted molar refractivity (Wildman–Crippen MR) is 99.4 cm³/mol. The zero-order chi connectivity index (χ0) is 18.5. The van der Waals surface area contributed by atoms with E-state index in [9.17, 15) is 10.2 Å². The van der Waals surface area contributed by atoms with Crippen molar-refractivity contribution >= 4 is 20.7 Å². The van der Waals surface area contributed by atoms with Gasteiger partial charge in [-0.3, -0.25) is 0 Å². The quantitative estimate of drug-likeness (QED) is 0.349. The maximum atomic E-state index is 10.0. The molecule has 26 heavy (non-hydrogen) atoms. The molecule has 7 nitrogen and oxygen atoms in total. The molecule has 1 aromatic rings. The second-order valence-corrected chi connectivity index (χ2v) is 7.55. The number of nitrogens with one attached hydrogen (secondary N) is 1. The van der Waals surface area contributed by atoms with Gasteiger partial charge in [0.05, 0.1) is 12.2 Å². The van der Waals surface area contributed by atoms with Gasteiger partial charge < -0.3 is 34.7 Å². The number of benzene rings is 1. The average molecular weight is 379 g/mol. The van der Waals surface area contributed by atoms with Gasteiger partial charge in [-0.05, 0) is 12.5 Å². The molecule has 1 aromatic carbocycles. The Hall–Kier alpha value is -1.41. The number of ether oxygens (including phenoxy) is 2. The Morgan fingerprint density at radius 1 is 1.23 bits per heavy atom. The number of hydrogen-bond acceptors (Lipinski definition) is 7. The van der Waals surface area contributed by atoms with E-state index in [1.54, 1.807) is 6.20 Å². The Bertz CT molecular complexity index is 643. The van der Waals surface area contributed by atoms with Crippen molar-refractivity contribution < 1.29 is 29.5 Å². The maximum absolute atomic E-state index is 10.0. The van der Waals surface area contributed by atoms with Crippen LogP contribution in [0.4, 0.5) is 0 Å². The molecule has 4 atom stereocenters. The van der Waals surface area contributed by atoms with Gasteiger partial charge in [0, 0.05) is 18.8 Å². The Balaban J connectivity index is 1.55. The minimum absolute atomic E-state index is 0.0596. The summed E-state index contributed by atoms with van der Waals surface area (Å²) in [4.78, 5) is 18.1. The van der Waals surface area contributed by atoms with Gasteiger partial charge in [-0.1, -0.05) is 41.8 Å². The molecule has 0 amide bonds. The molecular weight excluding hydrogens is 356 g/mol. The molecule has 1 fully saturated rings. The van der Waals surface area contributed by atoms with Gasteiger partial charge in [-0.15, -0.1) is 0 Å². The number of aliphatic hydroxyl groups excluding tert-OH is 2. The first kappa shape index (κ1) is 19.4. The summed E-state index contributed by atoms with van der Waals surface area (Å²) < 4.78 is 11.5. The molecule has 3 rings (SSSR count). The fourth-order valence-electron chi connectivity index (χ4n) is 3.03. The van der Waals surface area contributed by atoms with Crippen LogP contribution in [-0.2, 0) is 9.47 Å². The fourth-order valence-corrected chi connectivity index (χ4v) is 3.52. The minimum atomic E-state index is -2.06. The van der Waals surface area contributed by atoms with Crippen molar-refractivity contribution in [1.29, 1.82) is 0 Å². The van der Waals surface area contributed by atoms with Crippen LogP contribution in [0.2, 0.25) is 0 Å². The van der Waals surface area contributed by atoms with Crippen LogP contribution < -0.4 is 10.7 Å². The average Bonchev–Trinajstić information content (AvgIpc) is 2.64. The van der Waals surface area contributed by atoms with Crippen LogP contribution in [0.5, 0.6) is 0 Å². The molecule has 0 aliphatic carbocycles.